The van der Waals surface area contributed by atoms with Gasteiger partial charge in [-0.05, 0) is 54.5 Å². The maximum atomic E-state index is 12.5. The largest absolute Gasteiger partial charge is 0.497 e. The normalized spacial score (nSPS) is 15.5. The molecule has 0 spiro atoms. The fourth-order valence-electron chi connectivity index (χ4n) is 4.51. The third-order valence-electron chi connectivity index (χ3n) is 6.31. The number of fused-ring (bicyclic) bond motifs is 1. The number of nitrogens with zero attached hydrogens (tertiary/aromatic N) is 3. The molecule has 0 bridgehead atoms. The van der Waals surface area contributed by atoms with Crippen molar-refractivity contribution >= 4 is 11.7 Å². The molecule has 2 N–H and O–H groups in total. The van der Waals surface area contributed by atoms with Crippen molar-refractivity contribution < 1.29 is 9.53 Å². The van der Waals surface area contributed by atoms with E-state index in [0.29, 0.717) is 13.1 Å². The van der Waals surface area contributed by atoms with Gasteiger partial charge in [0.15, 0.2) is 5.65 Å². The molecule has 31 heavy (non-hydrogen) atoms. The van der Waals surface area contributed by atoms with Crippen molar-refractivity contribution in [3.63, 3.8) is 0 Å². The molecule has 3 aromatic rings. The Balaban J connectivity index is 1.31. The van der Waals surface area contributed by atoms with E-state index in [1.807, 2.05) is 48.7 Å². The zero-order valence-electron chi connectivity index (χ0n) is 18.1. The van der Waals surface area contributed by atoms with Crippen LogP contribution in [-0.4, -0.2) is 40.8 Å². The fraction of sp³-hybridized carbons (Fsp3) is 0.458. The van der Waals surface area contributed by atoms with Gasteiger partial charge in [0.25, 0.3) is 0 Å². The number of benzene rings is 1. The Kier molecular flexibility index (Phi) is 6.70. The molecule has 2 aromatic heterocycles. The van der Waals surface area contributed by atoms with Gasteiger partial charge in [0, 0.05) is 25.7 Å². The maximum absolute atomic E-state index is 12.5. The van der Waals surface area contributed by atoms with Gasteiger partial charge in [0.05, 0.1) is 7.11 Å². The first-order chi connectivity index (χ1) is 15.2. The molecule has 0 aliphatic heterocycles. The predicted octanol–water partition coefficient (Wildman–Crippen LogP) is 3.77. The highest BCUT2D eigenvalue weighted by Gasteiger charge is 2.34. The van der Waals surface area contributed by atoms with Crippen molar-refractivity contribution in [3.8, 4) is 5.75 Å². The number of pyridine rings is 1. The van der Waals surface area contributed by atoms with Crippen LogP contribution in [0.1, 0.15) is 43.5 Å². The molecule has 1 aromatic carbocycles. The van der Waals surface area contributed by atoms with Gasteiger partial charge in [-0.3, -0.25) is 4.40 Å². The Morgan fingerprint density at radius 3 is 2.65 bits per heavy atom. The molecular formula is C24H31N5O2. The molecule has 0 atom stereocenters. The van der Waals surface area contributed by atoms with Crippen molar-refractivity contribution in [2.45, 2.75) is 44.9 Å². The molecule has 1 aliphatic rings. The average Bonchev–Trinajstić information content (AvgIpc) is 3.21. The maximum Gasteiger partial charge on any atom is 0.314 e. The van der Waals surface area contributed by atoms with E-state index in [9.17, 15) is 4.79 Å². The summed E-state index contributed by atoms with van der Waals surface area (Å²) >= 11 is 0. The minimum atomic E-state index is -0.107. The van der Waals surface area contributed by atoms with Gasteiger partial charge in [-0.15, -0.1) is 10.2 Å². The van der Waals surface area contributed by atoms with Gasteiger partial charge in [-0.25, -0.2) is 4.79 Å². The number of ether oxygens (including phenoxy) is 1. The van der Waals surface area contributed by atoms with Crippen molar-refractivity contribution in [2.24, 2.45) is 5.41 Å². The highest BCUT2D eigenvalue weighted by Crippen LogP contribution is 2.38. The summed E-state index contributed by atoms with van der Waals surface area (Å²) in [5.41, 5.74) is 2.07. The van der Waals surface area contributed by atoms with E-state index in [4.69, 9.17) is 4.74 Å². The van der Waals surface area contributed by atoms with Crippen LogP contribution in [0.15, 0.2) is 48.7 Å². The Labute approximate surface area is 183 Å². The number of hydrogen-bond donors (Lipinski definition) is 2. The first-order valence-corrected chi connectivity index (χ1v) is 11.1. The van der Waals surface area contributed by atoms with E-state index in [2.05, 4.69) is 25.2 Å². The first kappa shape index (κ1) is 21.2. The van der Waals surface area contributed by atoms with Crippen LogP contribution in [0.25, 0.3) is 5.65 Å². The van der Waals surface area contributed by atoms with E-state index >= 15 is 0 Å². The molecule has 0 radical (unpaired) electrons. The molecule has 1 aliphatic carbocycles. The molecule has 7 nitrogen and oxygen atoms in total. The molecule has 2 amide bonds. The molecule has 7 heteroatoms. The standard InChI is InChI=1S/C24H31N5O2/c1-31-20-10-8-19(9-11-20)12-15-25-23(30)26-18-24(13-4-2-5-14-24)17-22-28-27-21-7-3-6-16-29(21)22/h3,6-11,16H,2,4-5,12-15,17-18H2,1H3,(H2,25,26,30). The van der Waals surface area contributed by atoms with Crippen LogP contribution in [0.3, 0.4) is 0 Å². The third kappa shape index (κ3) is 5.34. The third-order valence-corrected chi connectivity index (χ3v) is 6.31. The minimum Gasteiger partial charge on any atom is -0.497 e. The number of rotatable bonds is 8. The molecule has 1 saturated carbocycles. The van der Waals surface area contributed by atoms with Gasteiger partial charge in [-0.2, -0.15) is 0 Å². The van der Waals surface area contributed by atoms with Crippen molar-refractivity contribution in [1.82, 2.24) is 25.2 Å². The Bertz CT molecular complexity index is 993. The highest BCUT2D eigenvalue weighted by atomic mass is 16.5. The monoisotopic (exact) mass is 421 g/mol. The molecule has 4 rings (SSSR count). The Hall–Kier alpha value is -3.09. The predicted molar refractivity (Wildman–Crippen MR) is 120 cm³/mol. The summed E-state index contributed by atoms with van der Waals surface area (Å²) in [6, 6.07) is 13.8. The van der Waals surface area contributed by atoms with Gasteiger partial charge >= 0.3 is 6.03 Å². The fourth-order valence-corrected chi connectivity index (χ4v) is 4.51. The van der Waals surface area contributed by atoms with Gasteiger partial charge in [0.2, 0.25) is 0 Å². The van der Waals surface area contributed by atoms with Crippen LogP contribution in [-0.2, 0) is 12.8 Å². The summed E-state index contributed by atoms with van der Waals surface area (Å²) in [5, 5.41) is 14.9. The topological polar surface area (TPSA) is 80.5 Å². The van der Waals surface area contributed by atoms with Crippen molar-refractivity contribution in [2.75, 3.05) is 20.2 Å². The van der Waals surface area contributed by atoms with Crippen LogP contribution < -0.4 is 15.4 Å². The lowest BCUT2D eigenvalue weighted by Crippen LogP contribution is -2.45. The minimum absolute atomic E-state index is 0.0321. The molecular weight excluding hydrogens is 390 g/mol. The molecule has 164 valence electrons. The number of hydrogen-bond acceptors (Lipinski definition) is 4. The zero-order valence-corrected chi connectivity index (χ0v) is 18.1. The highest BCUT2D eigenvalue weighted by molar-refractivity contribution is 5.73. The summed E-state index contributed by atoms with van der Waals surface area (Å²) < 4.78 is 7.24. The molecule has 1 fully saturated rings. The second kappa shape index (κ2) is 9.81. The van der Waals surface area contributed by atoms with Crippen LogP contribution in [0.5, 0.6) is 5.75 Å². The van der Waals surface area contributed by atoms with Gasteiger partial charge < -0.3 is 15.4 Å². The zero-order chi connectivity index (χ0) is 21.5. The molecule has 0 unspecified atom stereocenters. The van der Waals surface area contributed by atoms with Crippen molar-refractivity contribution in [1.29, 1.82) is 0 Å². The van der Waals surface area contributed by atoms with E-state index in [0.717, 1.165) is 42.9 Å². The Morgan fingerprint density at radius 2 is 1.87 bits per heavy atom. The average molecular weight is 422 g/mol. The number of methoxy groups -OCH3 is 1. The van der Waals surface area contributed by atoms with Crippen LogP contribution in [0, 0.1) is 5.41 Å². The lowest BCUT2D eigenvalue weighted by atomic mass is 9.71. The smallest absolute Gasteiger partial charge is 0.314 e. The second-order valence-corrected chi connectivity index (χ2v) is 8.49. The van der Waals surface area contributed by atoms with E-state index in [1.165, 1.54) is 24.8 Å². The SMILES string of the molecule is COc1ccc(CCNC(=O)NCC2(Cc3nnc4ccccn34)CCCCC2)cc1. The second-order valence-electron chi connectivity index (χ2n) is 8.49. The number of carbonyl (C=O) groups excluding carboxylic acids is 1. The van der Waals surface area contributed by atoms with E-state index < -0.39 is 0 Å². The van der Waals surface area contributed by atoms with Gasteiger partial charge in [-0.1, -0.05) is 37.5 Å². The van der Waals surface area contributed by atoms with E-state index in [-0.39, 0.29) is 11.4 Å². The number of carbonyl (C=O) groups is 1. The number of urea groups is 1. The summed E-state index contributed by atoms with van der Waals surface area (Å²) in [6.07, 6.45) is 9.46. The summed E-state index contributed by atoms with van der Waals surface area (Å²) in [7, 11) is 1.66. The number of nitrogens with one attached hydrogen (secondary N) is 2. The van der Waals surface area contributed by atoms with Gasteiger partial charge in [0.1, 0.15) is 11.6 Å². The lowest BCUT2D eigenvalue weighted by Gasteiger charge is -2.37. The van der Waals surface area contributed by atoms with Crippen LogP contribution in [0.2, 0.25) is 0 Å². The first-order valence-electron chi connectivity index (χ1n) is 11.1. The van der Waals surface area contributed by atoms with Crippen LogP contribution >= 0.6 is 0 Å². The quantitative estimate of drug-likeness (QED) is 0.580. The summed E-state index contributed by atoms with van der Waals surface area (Å²) in [4.78, 5) is 12.5. The Morgan fingerprint density at radius 1 is 1.06 bits per heavy atom. The van der Waals surface area contributed by atoms with E-state index in [1.54, 1.807) is 7.11 Å². The molecule has 0 saturated heterocycles. The van der Waals surface area contributed by atoms with Crippen LogP contribution in [0.4, 0.5) is 4.79 Å². The lowest BCUT2D eigenvalue weighted by molar-refractivity contribution is 0.174. The van der Waals surface area contributed by atoms with Crippen molar-refractivity contribution in [3.05, 3.63) is 60.0 Å². The number of aromatic nitrogens is 3. The summed E-state index contributed by atoms with van der Waals surface area (Å²) in [5.74, 6) is 1.81. The molecule has 2 heterocycles. The number of amides is 2. The summed E-state index contributed by atoms with van der Waals surface area (Å²) in [6.45, 7) is 1.25.